The van der Waals surface area contributed by atoms with Crippen LogP contribution < -0.4 is 10.2 Å². The Balaban J connectivity index is 1.71. The van der Waals surface area contributed by atoms with Crippen LogP contribution in [0.25, 0.3) is 11.0 Å². The lowest BCUT2D eigenvalue weighted by Gasteiger charge is -2.37. The smallest absolute Gasteiger partial charge is 0.243 e. The van der Waals surface area contributed by atoms with Gasteiger partial charge in [-0.05, 0) is 43.2 Å². The summed E-state index contributed by atoms with van der Waals surface area (Å²) < 4.78 is 0. The van der Waals surface area contributed by atoms with Crippen molar-refractivity contribution in [3.8, 4) is 6.07 Å². The number of hydrogen-bond donors (Lipinski definition) is 1. The monoisotopic (exact) mass is 405 g/mol. The van der Waals surface area contributed by atoms with Gasteiger partial charge in [0.1, 0.15) is 5.69 Å². The van der Waals surface area contributed by atoms with Gasteiger partial charge in [0.05, 0.1) is 17.1 Å². The van der Waals surface area contributed by atoms with E-state index < -0.39 is 5.92 Å². The molecular formula is C24H31N5O. The maximum absolute atomic E-state index is 13.1. The molecule has 0 bridgehead atoms. The Morgan fingerprint density at radius 1 is 1.10 bits per heavy atom. The number of nitriles is 1. The Morgan fingerprint density at radius 2 is 1.73 bits per heavy atom. The molecule has 0 spiro atoms. The van der Waals surface area contributed by atoms with Crippen molar-refractivity contribution < 1.29 is 4.79 Å². The highest BCUT2D eigenvalue weighted by molar-refractivity contribution is 5.89. The minimum absolute atomic E-state index is 0.161. The van der Waals surface area contributed by atoms with Crippen LogP contribution in [-0.4, -0.2) is 35.0 Å². The lowest BCUT2D eigenvalue weighted by Crippen LogP contribution is -2.42. The van der Waals surface area contributed by atoms with Crippen LogP contribution >= 0.6 is 0 Å². The molecule has 1 aliphatic carbocycles. The molecule has 1 saturated carbocycles. The van der Waals surface area contributed by atoms with Gasteiger partial charge in [-0.1, -0.05) is 45.2 Å². The fourth-order valence-corrected chi connectivity index (χ4v) is 5.04. The second-order valence-electron chi connectivity index (χ2n) is 9.18. The Bertz CT molecular complexity index is 936. The normalized spacial score (nSPS) is 23.7. The number of carbonyl (C=O) groups excluding carboxylic acids is 1. The van der Waals surface area contributed by atoms with Crippen LogP contribution in [0.1, 0.15) is 64.0 Å². The molecule has 1 N–H and O–H groups in total. The number of para-hydroxylation sites is 2. The quantitative estimate of drug-likeness (QED) is 0.826. The van der Waals surface area contributed by atoms with Crippen LogP contribution in [0.5, 0.6) is 0 Å². The third kappa shape index (κ3) is 4.40. The Labute approximate surface area is 178 Å². The largest absolute Gasteiger partial charge is 0.355 e. The first kappa shape index (κ1) is 20.6. The highest BCUT2D eigenvalue weighted by Gasteiger charge is 2.32. The number of hydrogen-bond acceptors (Lipinski definition) is 5. The Hall–Kier alpha value is -2.68. The number of anilines is 1. The number of nitrogens with zero attached hydrogens (tertiary/aromatic N) is 4. The van der Waals surface area contributed by atoms with Crippen molar-refractivity contribution >= 4 is 22.8 Å². The number of fused-ring (bicyclic) bond motifs is 1. The summed E-state index contributed by atoms with van der Waals surface area (Å²) >= 11 is 0. The van der Waals surface area contributed by atoms with E-state index in [0.29, 0.717) is 23.3 Å². The minimum Gasteiger partial charge on any atom is -0.355 e. The van der Waals surface area contributed by atoms with Crippen LogP contribution in [0.3, 0.4) is 0 Å². The van der Waals surface area contributed by atoms with Crippen molar-refractivity contribution in [2.75, 3.05) is 18.0 Å². The number of carbonyl (C=O) groups is 1. The molecule has 2 aromatic rings. The van der Waals surface area contributed by atoms with Gasteiger partial charge in [0.15, 0.2) is 11.7 Å². The third-order valence-corrected chi connectivity index (χ3v) is 6.36. The molecule has 1 saturated heterocycles. The average Bonchev–Trinajstić information content (AvgIpc) is 2.74. The highest BCUT2D eigenvalue weighted by Crippen LogP contribution is 2.32. The van der Waals surface area contributed by atoms with Crippen molar-refractivity contribution in [1.82, 2.24) is 15.3 Å². The van der Waals surface area contributed by atoms with Crippen LogP contribution in [0.15, 0.2) is 24.3 Å². The summed E-state index contributed by atoms with van der Waals surface area (Å²) in [6.45, 7) is 6.22. The predicted octanol–water partition coefficient (Wildman–Crippen LogP) is 4.17. The van der Waals surface area contributed by atoms with Gasteiger partial charge in [0.25, 0.3) is 0 Å². The first-order chi connectivity index (χ1) is 14.5. The molecule has 2 aliphatic rings. The summed E-state index contributed by atoms with van der Waals surface area (Å²) in [4.78, 5) is 25.0. The molecule has 1 aromatic heterocycles. The topological polar surface area (TPSA) is 81.9 Å². The molecule has 4 rings (SSSR count). The average molecular weight is 406 g/mol. The van der Waals surface area contributed by atoms with Gasteiger partial charge in [0.2, 0.25) is 5.91 Å². The first-order valence-electron chi connectivity index (χ1n) is 11.3. The van der Waals surface area contributed by atoms with E-state index >= 15 is 0 Å². The third-order valence-electron chi connectivity index (χ3n) is 6.36. The van der Waals surface area contributed by atoms with Gasteiger partial charge in [-0.15, -0.1) is 0 Å². The molecule has 0 radical (unpaired) electrons. The van der Waals surface area contributed by atoms with Crippen molar-refractivity contribution in [2.45, 2.75) is 64.3 Å². The molecule has 6 nitrogen and oxygen atoms in total. The molecular weight excluding hydrogens is 374 g/mol. The zero-order chi connectivity index (χ0) is 21.1. The van der Waals surface area contributed by atoms with Crippen LogP contribution in [0.4, 0.5) is 5.82 Å². The summed E-state index contributed by atoms with van der Waals surface area (Å²) in [6, 6.07) is 10.1. The SMILES string of the molecule is C[C@@H]1C[C@H](C)CN(c2nc3ccccc3nc2[C@@H](C#N)C(=O)NC2CCCCC2)C1. The molecule has 1 aromatic carbocycles. The van der Waals surface area contributed by atoms with E-state index in [9.17, 15) is 10.1 Å². The minimum atomic E-state index is -0.952. The molecule has 1 amide bonds. The van der Waals surface area contributed by atoms with Crippen molar-refractivity contribution in [3.05, 3.63) is 30.0 Å². The van der Waals surface area contributed by atoms with E-state index in [0.717, 1.165) is 49.8 Å². The highest BCUT2D eigenvalue weighted by atomic mass is 16.2. The maximum atomic E-state index is 13.1. The molecule has 3 atom stereocenters. The second-order valence-corrected chi connectivity index (χ2v) is 9.18. The number of aromatic nitrogens is 2. The summed E-state index contributed by atoms with van der Waals surface area (Å²) in [6.07, 6.45) is 6.64. The number of piperidine rings is 1. The molecule has 2 heterocycles. The Kier molecular flexibility index (Phi) is 6.17. The number of rotatable bonds is 4. The van der Waals surface area contributed by atoms with Crippen molar-refractivity contribution in [3.63, 3.8) is 0 Å². The fraction of sp³-hybridized carbons (Fsp3) is 0.583. The molecule has 1 aliphatic heterocycles. The van der Waals surface area contributed by atoms with Gasteiger partial charge < -0.3 is 10.2 Å². The first-order valence-corrected chi connectivity index (χ1v) is 11.3. The summed E-state index contributed by atoms with van der Waals surface area (Å²) in [5.74, 6) is 0.565. The molecule has 158 valence electrons. The van der Waals surface area contributed by atoms with Crippen LogP contribution in [-0.2, 0) is 4.79 Å². The van der Waals surface area contributed by atoms with Gasteiger partial charge >= 0.3 is 0 Å². The van der Waals surface area contributed by atoms with E-state index in [-0.39, 0.29) is 11.9 Å². The number of nitrogens with one attached hydrogen (secondary N) is 1. The molecule has 6 heteroatoms. The lowest BCUT2D eigenvalue weighted by atomic mass is 9.91. The van der Waals surface area contributed by atoms with E-state index in [1.54, 1.807) is 0 Å². The van der Waals surface area contributed by atoms with Crippen LogP contribution in [0.2, 0.25) is 0 Å². The van der Waals surface area contributed by atoms with Gasteiger partial charge in [-0.2, -0.15) is 5.26 Å². The molecule has 0 unspecified atom stereocenters. The summed E-state index contributed by atoms with van der Waals surface area (Å²) in [7, 11) is 0. The Morgan fingerprint density at radius 3 is 2.37 bits per heavy atom. The maximum Gasteiger partial charge on any atom is 0.243 e. The van der Waals surface area contributed by atoms with Crippen molar-refractivity contribution in [2.24, 2.45) is 11.8 Å². The van der Waals surface area contributed by atoms with Gasteiger partial charge in [-0.25, -0.2) is 9.97 Å². The van der Waals surface area contributed by atoms with Crippen molar-refractivity contribution in [1.29, 1.82) is 5.26 Å². The lowest BCUT2D eigenvalue weighted by molar-refractivity contribution is -0.122. The standard InChI is InChI=1S/C24H31N5O/c1-16-12-17(2)15-29(14-16)23-22(27-20-10-6-7-11-21(20)28-23)19(13-25)24(30)26-18-8-4-3-5-9-18/h6-7,10-11,16-19H,3-5,8-9,12,14-15H2,1-2H3,(H,26,30)/t16-,17+,19-/m1/s1. The fourth-order valence-electron chi connectivity index (χ4n) is 5.04. The molecule has 2 fully saturated rings. The zero-order valence-corrected chi connectivity index (χ0v) is 18.0. The molecule has 30 heavy (non-hydrogen) atoms. The van der Waals surface area contributed by atoms with Crippen LogP contribution in [0, 0.1) is 23.2 Å². The predicted molar refractivity (Wildman–Crippen MR) is 118 cm³/mol. The zero-order valence-electron chi connectivity index (χ0n) is 18.0. The van der Waals surface area contributed by atoms with E-state index in [1.807, 2.05) is 24.3 Å². The van der Waals surface area contributed by atoms with Gasteiger partial charge in [-0.3, -0.25) is 4.79 Å². The second kappa shape index (κ2) is 8.99. The van der Waals surface area contributed by atoms with E-state index in [4.69, 9.17) is 9.97 Å². The van der Waals surface area contributed by atoms with Gasteiger partial charge in [0, 0.05) is 19.1 Å². The number of amides is 1. The van der Waals surface area contributed by atoms with E-state index in [2.05, 4.69) is 30.1 Å². The summed E-state index contributed by atoms with van der Waals surface area (Å²) in [5.41, 5.74) is 2.01. The number of benzene rings is 1. The summed E-state index contributed by atoms with van der Waals surface area (Å²) in [5, 5.41) is 13.1. The van der Waals surface area contributed by atoms with E-state index in [1.165, 1.54) is 12.8 Å².